The lowest BCUT2D eigenvalue weighted by atomic mass is 9.58. The zero-order valence-corrected chi connectivity index (χ0v) is 18.3. The predicted molar refractivity (Wildman–Crippen MR) is 99.0 cm³/mol. The van der Waals surface area contributed by atoms with E-state index in [9.17, 15) is 32.2 Å². The summed E-state index contributed by atoms with van der Waals surface area (Å²) in [4.78, 5) is 0. The number of hydrogen-bond acceptors (Lipinski definition) is 3. The van der Waals surface area contributed by atoms with Gasteiger partial charge in [-0.25, -0.2) is 0 Å². The Bertz CT molecular complexity index is 674. The van der Waals surface area contributed by atoms with Gasteiger partial charge < -0.3 is 14.9 Å². The average molecular weight is 443 g/mol. The highest BCUT2D eigenvalue weighted by molar-refractivity contribution is 6.74. The van der Waals surface area contributed by atoms with Crippen LogP contribution >= 0.6 is 0 Å². The van der Waals surface area contributed by atoms with E-state index in [0.29, 0.717) is 12.3 Å². The van der Waals surface area contributed by atoms with Crippen LogP contribution in [0.2, 0.25) is 26.2 Å². The second-order valence-electron chi connectivity index (χ2n) is 11.5. The Morgan fingerprint density at radius 1 is 0.897 bits per heavy atom. The first-order valence-electron chi connectivity index (χ1n) is 10.6. The van der Waals surface area contributed by atoms with E-state index in [-0.39, 0.29) is 23.7 Å². The summed E-state index contributed by atoms with van der Waals surface area (Å²) in [5.74, 6) is -10.8. The van der Waals surface area contributed by atoms with Gasteiger partial charge in [-0.2, -0.15) is 22.0 Å². The van der Waals surface area contributed by atoms with Crippen LogP contribution in [-0.4, -0.2) is 48.4 Å². The van der Waals surface area contributed by atoms with Gasteiger partial charge in [0.1, 0.15) is 5.60 Å². The van der Waals surface area contributed by atoms with E-state index >= 15 is 0 Å². The fourth-order valence-electron chi connectivity index (χ4n) is 7.28. The lowest BCUT2D eigenvalue weighted by molar-refractivity contribution is -0.487. The first-order chi connectivity index (χ1) is 13.0. The normalized spacial score (nSPS) is 52.0. The Morgan fingerprint density at radius 3 is 1.93 bits per heavy atom. The van der Waals surface area contributed by atoms with Crippen LogP contribution in [0.4, 0.5) is 22.0 Å². The molecule has 0 aromatic carbocycles. The zero-order valence-electron chi connectivity index (χ0n) is 17.3. The fraction of sp³-hybridized carbons (Fsp3) is 1.00. The molecule has 5 rings (SSSR count). The van der Waals surface area contributed by atoms with Gasteiger partial charge in [0.25, 0.3) is 0 Å². The molecule has 0 radical (unpaired) electrons. The Balaban J connectivity index is 0.000000369. The van der Waals surface area contributed by atoms with Crippen molar-refractivity contribution in [2.24, 2.45) is 41.4 Å². The van der Waals surface area contributed by atoms with Gasteiger partial charge in [0, 0.05) is 14.0 Å². The number of hydrogen-bond donors (Lipinski definition) is 2. The van der Waals surface area contributed by atoms with E-state index in [2.05, 4.69) is 30.9 Å². The molecule has 2 N–H and O–H groups in total. The maximum Gasteiger partial charge on any atom is 0.449 e. The molecule has 3 nitrogen and oxygen atoms in total. The van der Waals surface area contributed by atoms with E-state index in [0.717, 1.165) is 19.3 Å². The molecular weight excluding hydrogens is 411 g/mol. The van der Waals surface area contributed by atoms with E-state index in [1.54, 1.807) is 0 Å². The Labute approximate surface area is 169 Å². The molecule has 4 bridgehead atoms. The molecule has 1 heterocycles. The lowest BCUT2D eigenvalue weighted by Gasteiger charge is -2.57. The third kappa shape index (κ3) is 2.75. The first kappa shape index (κ1) is 22.0. The Morgan fingerprint density at radius 2 is 1.41 bits per heavy atom. The van der Waals surface area contributed by atoms with E-state index in [4.69, 9.17) is 0 Å². The number of alkyl halides is 5. The monoisotopic (exact) mass is 442 g/mol. The van der Waals surface area contributed by atoms with Gasteiger partial charge in [0.15, 0.2) is 0 Å². The van der Waals surface area contributed by atoms with Crippen LogP contribution in [0.3, 0.4) is 0 Å². The van der Waals surface area contributed by atoms with Gasteiger partial charge in [-0.05, 0) is 61.2 Å². The summed E-state index contributed by atoms with van der Waals surface area (Å²) in [5.41, 5.74) is -2.84. The number of aliphatic hydroxyl groups is 2. The molecule has 0 aromatic rings. The van der Waals surface area contributed by atoms with Crippen LogP contribution in [0.1, 0.15) is 25.7 Å². The van der Waals surface area contributed by atoms with Crippen molar-refractivity contribution in [1.29, 1.82) is 0 Å². The molecular formula is C20H31F5O3Si. The molecule has 9 unspecified atom stereocenters. The quantitative estimate of drug-likeness (QED) is 0.330. The fourth-order valence-corrected chi connectivity index (χ4v) is 7.28. The van der Waals surface area contributed by atoms with Crippen molar-refractivity contribution < 1.29 is 36.9 Å². The maximum absolute atomic E-state index is 14.9. The first-order valence-corrected chi connectivity index (χ1v) is 14.6. The zero-order chi connectivity index (χ0) is 21.8. The summed E-state index contributed by atoms with van der Waals surface area (Å²) < 4.78 is 73.6. The number of ether oxygens (including phenoxy) is 1. The van der Waals surface area contributed by atoms with Gasteiger partial charge in [0.2, 0.25) is 0 Å². The second-order valence-corrected chi connectivity index (χ2v) is 17.5. The largest absolute Gasteiger partial charge is 0.449 e. The molecule has 29 heavy (non-hydrogen) atoms. The van der Waals surface area contributed by atoms with Crippen LogP contribution in [0, 0.1) is 41.4 Å². The summed E-state index contributed by atoms with van der Waals surface area (Å²) in [6.45, 7) is 8.63. The minimum absolute atomic E-state index is 0.142. The topological polar surface area (TPSA) is 49.7 Å². The summed E-state index contributed by atoms with van der Waals surface area (Å²) in [6, 6.07) is 0. The van der Waals surface area contributed by atoms with Crippen molar-refractivity contribution in [2.45, 2.75) is 75.4 Å². The van der Waals surface area contributed by atoms with Gasteiger partial charge in [0.05, 0.1) is 6.61 Å². The molecule has 5 fully saturated rings. The summed E-state index contributed by atoms with van der Waals surface area (Å²) in [5, 5.41) is 20.6. The molecule has 4 aliphatic carbocycles. The molecule has 0 aromatic heterocycles. The van der Waals surface area contributed by atoms with Crippen LogP contribution < -0.4 is 0 Å². The molecule has 1 saturated heterocycles. The maximum atomic E-state index is 14.9. The highest BCUT2D eigenvalue weighted by Crippen LogP contribution is 2.75. The minimum atomic E-state index is -5.67. The van der Waals surface area contributed by atoms with Crippen LogP contribution in [0.5, 0.6) is 0 Å². The molecule has 9 heteroatoms. The third-order valence-electron chi connectivity index (χ3n) is 7.96. The predicted octanol–water partition coefficient (Wildman–Crippen LogP) is 4.52. The SMILES string of the molecule is C[Si](C)(C)C.OC12C(COC(O)(C(F)(F)F)C1(F)F)C1CC2C2C3CCC(C3)C12. The van der Waals surface area contributed by atoms with E-state index in [1.807, 2.05) is 0 Å². The summed E-state index contributed by atoms with van der Waals surface area (Å²) in [6.07, 6.45) is -2.48. The van der Waals surface area contributed by atoms with E-state index in [1.165, 1.54) is 0 Å². The van der Waals surface area contributed by atoms with Gasteiger partial charge in [-0.3, -0.25) is 0 Å². The Hall–Kier alpha value is -0.253. The standard InChI is InChI=1S/C16H19F5O3.C4H12Si/c17-14(18)13(22)9-4-8(11-6-1-2-7(3-6)12(9)11)10(13)5-24-15(14,23)16(19,20)21;1-5(2,3)4/h6-12,22-23H,1-5H2;1-4H3. The second kappa shape index (κ2) is 6.16. The van der Waals surface area contributed by atoms with Crippen molar-refractivity contribution in [3.8, 4) is 0 Å². The van der Waals surface area contributed by atoms with Gasteiger partial charge in [-0.15, -0.1) is 0 Å². The number of halogens is 5. The number of rotatable bonds is 0. The van der Waals surface area contributed by atoms with Crippen molar-refractivity contribution in [3.05, 3.63) is 0 Å². The molecule has 0 amide bonds. The molecule has 0 spiro atoms. The van der Waals surface area contributed by atoms with Crippen molar-refractivity contribution in [3.63, 3.8) is 0 Å². The van der Waals surface area contributed by atoms with Crippen LogP contribution in [0.25, 0.3) is 0 Å². The van der Waals surface area contributed by atoms with Crippen molar-refractivity contribution in [1.82, 2.24) is 0 Å². The molecule has 5 aliphatic rings. The van der Waals surface area contributed by atoms with Crippen LogP contribution in [-0.2, 0) is 4.74 Å². The molecule has 9 atom stereocenters. The van der Waals surface area contributed by atoms with E-state index < -0.39 is 50.0 Å². The number of fused-ring (bicyclic) bond motifs is 12. The average Bonchev–Trinajstić information content (AvgIpc) is 3.26. The lowest BCUT2D eigenvalue weighted by Crippen LogP contribution is -2.78. The Kier molecular flexibility index (Phi) is 4.67. The van der Waals surface area contributed by atoms with Gasteiger partial charge >= 0.3 is 17.9 Å². The van der Waals surface area contributed by atoms with Gasteiger partial charge in [-0.1, -0.05) is 26.2 Å². The third-order valence-corrected chi connectivity index (χ3v) is 7.96. The summed E-state index contributed by atoms with van der Waals surface area (Å²) >= 11 is 0. The minimum Gasteiger partial charge on any atom is -0.383 e. The smallest absolute Gasteiger partial charge is 0.383 e. The molecule has 168 valence electrons. The molecule has 4 saturated carbocycles. The highest BCUT2D eigenvalue weighted by atomic mass is 28.3. The highest BCUT2D eigenvalue weighted by Gasteiger charge is 2.87. The van der Waals surface area contributed by atoms with Crippen LogP contribution in [0.15, 0.2) is 0 Å². The summed E-state index contributed by atoms with van der Waals surface area (Å²) in [7, 11) is -0.611. The molecule has 1 aliphatic heterocycles. The van der Waals surface area contributed by atoms with Crippen molar-refractivity contribution in [2.75, 3.05) is 6.61 Å². The van der Waals surface area contributed by atoms with Crippen molar-refractivity contribution >= 4 is 8.07 Å².